The summed E-state index contributed by atoms with van der Waals surface area (Å²) in [5, 5.41) is 8.74. The Bertz CT molecular complexity index is 794. The van der Waals surface area contributed by atoms with Gasteiger partial charge in [-0.25, -0.2) is 4.79 Å². The highest BCUT2D eigenvalue weighted by Gasteiger charge is 2.29. The van der Waals surface area contributed by atoms with Crippen molar-refractivity contribution in [3.63, 3.8) is 0 Å². The van der Waals surface area contributed by atoms with Crippen LogP contribution in [0.25, 0.3) is 0 Å². The van der Waals surface area contributed by atoms with Gasteiger partial charge in [-0.15, -0.1) is 0 Å². The van der Waals surface area contributed by atoms with Crippen LogP contribution in [0.15, 0.2) is 18.2 Å². The van der Waals surface area contributed by atoms with E-state index in [0.717, 1.165) is 44.1 Å². The maximum Gasteiger partial charge on any atom is 0.319 e. The summed E-state index contributed by atoms with van der Waals surface area (Å²) in [4.78, 5) is 39.5. The summed E-state index contributed by atoms with van der Waals surface area (Å²) in [7, 11) is 0. The lowest BCUT2D eigenvalue weighted by Crippen LogP contribution is -2.49. The maximum atomic E-state index is 12.7. The number of benzene rings is 1. The molecule has 1 aromatic carbocycles. The number of carbonyl (C=O) groups excluding carboxylic acids is 3. The Morgan fingerprint density at radius 3 is 2.32 bits per heavy atom. The van der Waals surface area contributed by atoms with Crippen LogP contribution in [0.1, 0.15) is 74.7 Å². The number of piperidine rings is 1. The van der Waals surface area contributed by atoms with Crippen molar-refractivity contribution in [3.05, 3.63) is 29.3 Å². The van der Waals surface area contributed by atoms with E-state index in [4.69, 9.17) is 0 Å². The molecule has 7 nitrogen and oxygen atoms in total. The predicted molar refractivity (Wildman–Crippen MR) is 122 cm³/mol. The molecule has 1 heterocycles. The molecule has 2 aliphatic rings. The van der Waals surface area contributed by atoms with Gasteiger partial charge in [-0.05, 0) is 64.2 Å². The van der Waals surface area contributed by atoms with Crippen LogP contribution >= 0.6 is 0 Å². The molecule has 4 amide bonds. The highest BCUT2D eigenvalue weighted by atomic mass is 16.2. The Morgan fingerprint density at radius 1 is 1.00 bits per heavy atom. The SMILES string of the molecule is Cc1ccc(NC(=O)NC2CCN(C(=O)C3CCCCC3)CC2)cc1C(=O)NC(C)C. The Kier molecular flexibility index (Phi) is 7.93. The predicted octanol–water partition coefficient (Wildman–Crippen LogP) is 3.83. The minimum Gasteiger partial charge on any atom is -0.350 e. The summed E-state index contributed by atoms with van der Waals surface area (Å²) in [5.74, 6) is 0.353. The molecule has 1 aliphatic heterocycles. The first-order valence-electron chi connectivity index (χ1n) is 11.6. The number of anilines is 1. The lowest BCUT2D eigenvalue weighted by Gasteiger charge is -2.35. The van der Waals surface area contributed by atoms with Crippen molar-refractivity contribution in [3.8, 4) is 0 Å². The van der Waals surface area contributed by atoms with Crippen LogP contribution in [0.5, 0.6) is 0 Å². The first kappa shape index (κ1) is 23.1. The molecular formula is C24H36N4O3. The molecule has 3 N–H and O–H groups in total. The monoisotopic (exact) mass is 428 g/mol. The molecule has 170 valence electrons. The second-order valence-corrected chi connectivity index (χ2v) is 9.19. The largest absolute Gasteiger partial charge is 0.350 e. The van der Waals surface area contributed by atoms with Crippen LogP contribution in [0.2, 0.25) is 0 Å². The molecule has 1 aromatic rings. The van der Waals surface area contributed by atoms with E-state index >= 15 is 0 Å². The van der Waals surface area contributed by atoms with Gasteiger partial charge in [0.2, 0.25) is 5.91 Å². The van der Waals surface area contributed by atoms with E-state index in [-0.39, 0.29) is 29.9 Å². The topological polar surface area (TPSA) is 90.5 Å². The lowest BCUT2D eigenvalue weighted by molar-refractivity contribution is -0.137. The van der Waals surface area contributed by atoms with Crippen molar-refractivity contribution in [2.45, 2.75) is 77.8 Å². The number of nitrogens with one attached hydrogen (secondary N) is 3. The lowest BCUT2D eigenvalue weighted by atomic mass is 9.87. The van der Waals surface area contributed by atoms with Crippen LogP contribution < -0.4 is 16.0 Å². The van der Waals surface area contributed by atoms with E-state index in [1.54, 1.807) is 12.1 Å². The van der Waals surface area contributed by atoms with Gasteiger partial charge in [0.15, 0.2) is 0 Å². The summed E-state index contributed by atoms with van der Waals surface area (Å²) < 4.78 is 0. The summed E-state index contributed by atoms with van der Waals surface area (Å²) in [6.45, 7) is 7.10. The molecule has 7 heteroatoms. The number of amides is 4. The third-order valence-electron chi connectivity index (χ3n) is 6.26. The first-order valence-corrected chi connectivity index (χ1v) is 11.6. The smallest absolute Gasteiger partial charge is 0.319 e. The van der Waals surface area contributed by atoms with E-state index in [1.807, 2.05) is 31.7 Å². The average molecular weight is 429 g/mol. The Hall–Kier alpha value is -2.57. The number of carbonyl (C=O) groups is 3. The number of likely N-dealkylation sites (tertiary alicyclic amines) is 1. The van der Waals surface area contributed by atoms with Gasteiger partial charge < -0.3 is 20.9 Å². The van der Waals surface area contributed by atoms with Crippen molar-refractivity contribution in [2.75, 3.05) is 18.4 Å². The fourth-order valence-corrected chi connectivity index (χ4v) is 4.49. The molecule has 0 unspecified atom stereocenters. The molecule has 0 radical (unpaired) electrons. The molecule has 0 spiro atoms. The average Bonchev–Trinajstić information content (AvgIpc) is 2.75. The molecule has 2 fully saturated rings. The summed E-state index contributed by atoms with van der Waals surface area (Å²) in [5.41, 5.74) is 2.00. The van der Waals surface area contributed by atoms with Crippen LogP contribution in [-0.2, 0) is 4.79 Å². The number of hydrogen-bond acceptors (Lipinski definition) is 3. The fourth-order valence-electron chi connectivity index (χ4n) is 4.49. The quantitative estimate of drug-likeness (QED) is 0.666. The van der Waals surface area contributed by atoms with Crippen molar-refractivity contribution in [2.24, 2.45) is 5.92 Å². The second kappa shape index (κ2) is 10.6. The molecule has 3 rings (SSSR count). The Labute approximate surface area is 185 Å². The minimum absolute atomic E-state index is 0.0441. The van der Waals surface area contributed by atoms with Gasteiger partial charge in [0.25, 0.3) is 5.91 Å². The van der Waals surface area contributed by atoms with E-state index in [0.29, 0.717) is 30.2 Å². The zero-order chi connectivity index (χ0) is 22.4. The number of aryl methyl sites for hydroxylation is 1. The molecule has 31 heavy (non-hydrogen) atoms. The number of hydrogen-bond donors (Lipinski definition) is 3. The first-order chi connectivity index (χ1) is 14.8. The number of rotatable bonds is 5. The van der Waals surface area contributed by atoms with Crippen molar-refractivity contribution >= 4 is 23.5 Å². The van der Waals surface area contributed by atoms with Gasteiger partial charge in [-0.3, -0.25) is 9.59 Å². The highest BCUT2D eigenvalue weighted by molar-refractivity contribution is 5.98. The molecule has 1 aliphatic carbocycles. The van der Waals surface area contributed by atoms with Crippen LogP contribution in [-0.4, -0.2) is 47.9 Å². The molecule has 1 saturated heterocycles. The third kappa shape index (κ3) is 6.45. The Morgan fingerprint density at radius 2 is 1.68 bits per heavy atom. The molecular weight excluding hydrogens is 392 g/mol. The van der Waals surface area contributed by atoms with Crippen molar-refractivity contribution in [1.82, 2.24) is 15.5 Å². The fraction of sp³-hybridized carbons (Fsp3) is 0.625. The summed E-state index contributed by atoms with van der Waals surface area (Å²) >= 11 is 0. The number of nitrogens with zero attached hydrogens (tertiary/aromatic N) is 1. The molecule has 0 bridgehead atoms. The van der Waals surface area contributed by atoms with Crippen molar-refractivity contribution < 1.29 is 14.4 Å². The van der Waals surface area contributed by atoms with Gasteiger partial charge in [-0.2, -0.15) is 0 Å². The molecule has 0 aromatic heterocycles. The van der Waals surface area contributed by atoms with Gasteiger partial charge in [0, 0.05) is 42.3 Å². The third-order valence-corrected chi connectivity index (χ3v) is 6.26. The van der Waals surface area contributed by atoms with E-state index in [1.165, 1.54) is 6.42 Å². The van der Waals surface area contributed by atoms with Crippen molar-refractivity contribution in [1.29, 1.82) is 0 Å². The van der Waals surface area contributed by atoms with Gasteiger partial charge in [0.1, 0.15) is 0 Å². The maximum absolute atomic E-state index is 12.7. The van der Waals surface area contributed by atoms with E-state index in [2.05, 4.69) is 16.0 Å². The second-order valence-electron chi connectivity index (χ2n) is 9.19. The zero-order valence-electron chi connectivity index (χ0n) is 19.0. The summed E-state index contributed by atoms with van der Waals surface area (Å²) in [6, 6.07) is 5.15. The van der Waals surface area contributed by atoms with Gasteiger partial charge in [-0.1, -0.05) is 25.3 Å². The molecule has 1 saturated carbocycles. The Balaban J connectivity index is 1.48. The highest BCUT2D eigenvalue weighted by Crippen LogP contribution is 2.26. The zero-order valence-corrected chi connectivity index (χ0v) is 19.0. The summed E-state index contributed by atoms with van der Waals surface area (Å²) in [6.07, 6.45) is 7.14. The standard InChI is InChI=1S/C24H36N4O3/c1-16(2)25-22(29)21-15-20(10-9-17(21)3)27-24(31)26-19-11-13-28(14-12-19)23(30)18-7-5-4-6-8-18/h9-10,15-16,18-19H,4-8,11-14H2,1-3H3,(H,25,29)(H2,26,27,31). The van der Waals surface area contributed by atoms with Gasteiger partial charge in [0.05, 0.1) is 0 Å². The van der Waals surface area contributed by atoms with Crippen LogP contribution in [0.3, 0.4) is 0 Å². The van der Waals surface area contributed by atoms with Crippen LogP contribution in [0, 0.1) is 12.8 Å². The van der Waals surface area contributed by atoms with Gasteiger partial charge >= 0.3 is 6.03 Å². The molecule has 0 atom stereocenters. The number of urea groups is 1. The minimum atomic E-state index is -0.281. The normalized spacial score (nSPS) is 18.0. The van der Waals surface area contributed by atoms with E-state index < -0.39 is 0 Å². The van der Waals surface area contributed by atoms with E-state index in [9.17, 15) is 14.4 Å². The van der Waals surface area contributed by atoms with Crippen LogP contribution in [0.4, 0.5) is 10.5 Å².